The molecule has 12 heteroatoms. The highest BCUT2D eigenvalue weighted by molar-refractivity contribution is 7.89. The molecule has 8 nitrogen and oxygen atoms in total. The van der Waals surface area contributed by atoms with Gasteiger partial charge in [0.2, 0.25) is 21.8 Å². The lowest BCUT2D eigenvalue weighted by molar-refractivity contribution is -0.142. The average molecular weight is 529 g/mol. The van der Waals surface area contributed by atoms with Crippen LogP contribution >= 0.6 is 22.9 Å². The van der Waals surface area contributed by atoms with Gasteiger partial charge < -0.3 is 10.2 Å². The molecule has 1 N–H and O–H groups in total. The molecular formula is C22H26ClFN4O4S2. The monoisotopic (exact) mass is 528 g/mol. The van der Waals surface area contributed by atoms with Gasteiger partial charge in [0, 0.05) is 24.7 Å². The van der Waals surface area contributed by atoms with Gasteiger partial charge in [0.25, 0.3) is 0 Å². The minimum Gasteiger partial charge on any atom is -0.328 e. The summed E-state index contributed by atoms with van der Waals surface area (Å²) in [6, 6.07) is 2.44. The van der Waals surface area contributed by atoms with Crippen LogP contribution in [0.2, 0.25) is 5.02 Å². The number of nitrogens with one attached hydrogen (secondary N) is 1. The third-order valence-electron chi connectivity index (χ3n) is 6.37. The molecule has 0 radical (unpaired) electrons. The largest absolute Gasteiger partial charge is 0.328 e. The van der Waals surface area contributed by atoms with Crippen molar-refractivity contribution in [3.63, 3.8) is 0 Å². The molecule has 1 aliphatic heterocycles. The van der Waals surface area contributed by atoms with Gasteiger partial charge in [-0.1, -0.05) is 43.7 Å². The predicted molar refractivity (Wildman–Crippen MR) is 128 cm³/mol. The number of hydrogen-bond donors (Lipinski definition) is 1. The third kappa shape index (κ3) is 5.59. The Kier molecular flexibility index (Phi) is 7.86. The second-order valence-corrected chi connectivity index (χ2v) is 11.8. The Morgan fingerprint density at radius 3 is 2.68 bits per heavy atom. The van der Waals surface area contributed by atoms with Gasteiger partial charge in [-0.15, -0.1) is 11.3 Å². The zero-order valence-corrected chi connectivity index (χ0v) is 20.8. The molecule has 1 saturated heterocycles. The van der Waals surface area contributed by atoms with Gasteiger partial charge in [0.15, 0.2) is 5.13 Å². The van der Waals surface area contributed by atoms with Crippen LogP contribution in [-0.2, 0) is 19.6 Å². The summed E-state index contributed by atoms with van der Waals surface area (Å²) in [5, 5.41) is 4.70. The summed E-state index contributed by atoms with van der Waals surface area (Å²) in [7, 11) is -4.05. The number of anilines is 1. The number of aromatic nitrogens is 1. The fraction of sp³-hybridized carbons (Fsp3) is 0.500. The van der Waals surface area contributed by atoms with Crippen molar-refractivity contribution in [1.82, 2.24) is 14.2 Å². The van der Waals surface area contributed by atoms with Crippen molar-refractivity contribution in [2.45, 2.75) is 49.5 Å². The lowest BCUT2D eigenvalue weighted by Gasteiger charge is -2.39. The van der Waals surface area contributed by atoms with E-state index in [1.807, 2.05) is 0 Å². The second kappa shape index (κ2) is 10.7. The van der Waals surface area contributed by atoms with Crippen LogP contribution < -0.4 is 5.32 Å². The van der Waals surface area contributed by atoms with Crippen LogP contribution in [0.1, 0.15) is 38.5 Å². The van der Waals surface area contributed by atoms with Gasteiger partial charge in [-0.3, -0.25) is 9.59 Å². The van der Waals surface area contributed by atoms with E-state index >= 15 is 0 Å². The van der Waals surface area contributed by atoms with Crippen molar-refractivity contribution in [1.29, 1.82) is 0 Å². The molecule has 184 valence electrons. The highest BCUT2D eigenvalue weighted by atomic mass is 35.5. The summed E-state index contributed by atoms with van der Waals surface area (Å²) in [6.07, 6.45) is 7.52. The van der Waals surface area contributed by atoms with Gasteiger partial charge in [-0.2, -0.15) is 4.31 Å². The Labute approximate surface area is 207 Å². The normalized spacial score (nSPS) is 19.2. The van der Waals surface area contributed by atoms with Crippen LogP contribution in [0.4, 0.5) is 9.52 Å². The van der Waals surface area contributed by atoms with Crippen molar-refractivity contribution in [3.8, 4) is 0 Å². The summed E-state index contributed by atoms with van der Waals surface area (Å²) in [5.74, 6) is -1.15. The fourth-order valence-electron chi connectivity index (χ4n) is 4.57. The number of nitrogens with zero attached hydrogens (tertiary/aromatic N) is 3. The van der Waals surface area contributed by atoms with Gasteiger partial charge >= 0.3 is 0 Å². The molecule has 34 heavy (non-hydrogen) atoms. The molecule has 2 fully saturated rings. The van der Waals surface area contributed by atoms with Crippen LogP contribution in [0.15, 0.2) is 34.7 Å². The zero-order chi connectivity index (χ0) is 24.3. The van der Waals surface area contributed by atoms with Gasteiger partial charge in [0.1, 0.15) is 11.9 Å². The van der Waals surface area contributed by atoms with Crippen molar-refractivity contribution in [3.05, 3.63) is 40.6 Å². The molecule has 2 amide bonds. The van der Waals surface area contributed by atoms with Crippen LogP contribution in [0.3, 0.4) is 0 Å². The summed E-state index contributed by atoms with van der Waals surface area (Å²) in [6.45, 7) is -0.298. The first-order valence-electron chi connectivity index (χ1n) is 11.2. The highest BCUT2D eigenvalue weighted by Gasteiger charge is 2.39. The van der Waals surface area contributed by atoms with Crippen LogP contribution in [-0.4, -0.2) is 60.1 Å². The van der Waals surface area contributed by atoms with Crippen LogP contribution in [0, 0.1) is 11.7 Å². The first kappa shape index (κ1) is 25.0. The minimum atomic E-state index is -4.05. The fourth-order valence-corrected chi connectivity index (χ4v) is 6.76. The van der Waals surface area contributed by atoms with Gasteiger partial charge in [-0.25, -0.2) is 17.8 Å². The molecule has 1 atom stereocenters. The Bertz CT molecular complexity index is 1140. The molecule has 0 spiro atoms. The van der Waals surface area contributed by atoms with Crippen molar-refractivity contribution < 1.29 is 22.4 Å². The number of carbonyl (C=O) groups excluding carboxylic acids is 2. The molecule has 2 aliphatic rings. The maximum Gasteiger partial charge on any atom is 0.248 e. The molecule has 0 unspecified atom stereocenters. The number of halogens is 2. The molecule has 1 aromatic carbocycles. The summed E-state index contributed by atoms with van der Waals surface area (Å²) < 4.78 is 40.6. The highest BCUT2D eigenvalue weighted by Crippen LogP contribution is 2.30. The van der Waals surface area contributed by atoms with E-state index in [0.717, 1.165) is 48.2 Å². The molecule has 1 aromatic heterocycles. The van der Waals surface area contributed by atoms with E-state index in [1.54, 1.807) is 11.6 Å². The predicted octanol–water partition coefficient (Wildman–Crippen LogP) is 3.75. The van der Waals surface area contributed by atoms with Crippen molar-refractivity contribution in [2.24, 2.45) is 5.92 Å². The quantitative estimate of drug-likeness (QED) is 0.590. The van der Waals surface area contributed by atoms with Crippen molar-refractivity contribution >= 4 is 49.9 Å². The Hall–Kier alpha value is -2.08. The maximum absolute atomic E-state index is 13.5. The SMILES string of the molecule is O=C(Nc1nccs1)[C@H](CC1CCCCC1)N1CCN(S(=O)(=O)c2ccc(F)c(Cl)c2)CC1=O. The lowest BCUT2D eigenvalue weighted by atomic mass is 9.84. The van der Waals surface area contributed by atoms with E-state index in [4.69, 9.17) is 11.6 Å². The number of piperazine rings is 1. The Balaban J connectivity index is 1.50. The Morgan fingerprint density at radius 1 is 1.26 bits per heavy atom. The summed E-state index contributed by atoms with van der Waals surface area (Å²) >= 11 is 7.05. The number of sulfonamides is 1. The molecule has 4 rings (SSSR count). The van der Waals surface area contributed by atoms with E-state index in [0.29, 0.717) is 17.5 Å². The number of rotatable bonds is 7. The van der Waals surface area contributed by atoms with E-state index in [1.165, 1.54) is 22.7 Å². The van der Waals surface area contributed by atoms with E-state index < -0.39 is 34.3 Å². The minimum absolute atomic E-state index is 0.0226. The molecule has 2 aromatic rings. The first-order chi connectivity index (χ1) is 16.3. The number of hydrogen-bond acceptors (Lipinski definition) is 6. The number of thiazole rings is 1. The Morgan fingerprint density at radius 2 is 2.03 bits per heavy atom. The zero-order valence-electron chi connectivity index (χ0n) is 18.5. The van der Waals surface area contributed by atoms with Crippen LogP contribution in [0.5, 0.6) is 0 Å². The van der Waals surface area contributed by atoms with Gasteiger partial charge in [0.05, 0.1) is 16.5 Å². The third-order valence-corrected chi connectivity index (χ3v) is 9.19. The molecule has 1 aliphatic carbocycles. The standard InChI is InChI=1S/C22H26ClFN4O4S2/c23-17-13-16(6-7-18(17)24)34(31,32)27-9-10-28(20(29)14-27)19(12-15-4-2-1-3-5-15)21(30)26-22-25-8-11-33-22/h6-8,11,13,15,19H,1-5,9-10,12,14H2,(H,25,26,30)/t19-/m0/s1. The topological polar surface area (TPSA) is 99.7 Å². The van der Waals surface area contributed by atoms with E-state index in [-0.39, 0.29) is 28.9 Å². The van der Waals surface area contributed by atoms with E-state index in [9.17, 15) is 22.4 Å². The number of amides is 2. The number of benzene rings is 1. The van der Waals surface area contributed by atoms with E-state index in [2.05, 4.69) is 10.3 Å². The number of carbonyl (C=O) groups is 2. The van der Waals surface area contributed by atoms with Crippen molar-refractivity contribution in [2.75, 3.05) is 25.0 Å². The first-order valence-corrected chi connectivity index (χ1v) is 13.9. The smallest absolute Gasteiger partial charge is 0.248 e. The molecular weight excluding hydrogens is 503 g/mol. The summed E-state index contributed by atoms with van der Waals surface area (Å²) in [4.78, 5) is 31.7. The second-order valence-electron chi connectivity index (χ2n) is 8.58. The van der Waals surface area contributed by atoms with Crippen LogP contribution in [0.25, 0.3) is 0 Å². The lowest BCUT2D eigenvalue weighted by Crippen LogP contribution is -2.58. The average Bonchev–Trinajstić information content (AvgIpc) is 3.33. The van der Waals surface area contributed by atoms with Gasteiger partial charge in [-0.05, 0) is 30.5 Å². The molecule has 0 bridgehead atoms. The molecule has 1 saturated carbocycles. The maximum atomic E-state index is 13.5. The molecule has 2 heterocycles. The summed E-state index contributed by atoms with van der Waals surface area (Å²) in [5.41, 5.74) is 0.